The fourth-order valence-corrected chi connectivity index (χ4v) is 1.11. The number of benzene rings is 1. The van der Waals surface area contributed by atoms with Crippen LogP contribution in [-0.4, -0.2) is 12.4 Å². The normalized spacial score (nSPS) is 9.07. The van der Waals surface area contributed by atoms with Gasteiger partial charge >= 0.3 is 0 Å². The SMILES string of the molecule is COc1cc(C#CCBr)c(F)cc1N. The molecule has 0 heterocycles. The van der Waals surface area contributed by atoms with Crippen LogP contribution in [-0.2, 0) is 0 Å². The zero-order valence-electron chi connectivity index (χ0n) is 7.60. The Bertz CT molecular complexity index is 395. The molecule has 74 valence electrons. The van der Waals surface area contributed by atoms with Gasteiger partial charge in [0.1, 0.15) is 11.6 Å². The summed E-state index contributed by atoms with van der Waals surface area (Å²) in [6.07, 6.45) is 0. The molecule has 0 spiro atoms. The quantitative estimate of drug-likeness (QED) is 0.476. The smallest absolute Gasteiger partial charge is 0.143 e. The molecule has 1 rings (SSSR count). The number of hydrogen-bond acceptors (Lipinski definition) is 2. The lowest BCUT2D eigenvalue weighted by Crippen LogP contribution is -1.95. The van der Waals surface area contributed by atoms with Crippen LogP contribution in [0.3, 0.4) is 0 Å². The van der Waals surface area contributed by atoms with E-state index in [4.69, 9.17) is 10.5 Å². The zero-order chi connectivity index (χ0) is 10.6. The Kier molecular flexibility index (Phi) is 3.78. The van der Waals surface area contributed by atoms with Crippen molar-refractivity contribution in [2.24, 2.45) is 0 Å². The third-order valence-corrected chi connectivity index (χ3v) is 1.89. The van der Waals surface area contributed by atoms with Crippen LogP contribution < -0.4 is 10.5 Å². The summed E-state index contributed by atoms with van der Waals surface area (Å²) in [5.41, 5.74) is 6.07. The van der Waals surface area contributed by atoms with Crippen molar-refractivity contribution in [3.63, 3.8) is 0 Å². The summed E-state index contributed by atoms with van der Waals surface area (Å²) in [4.78, 5) is 0. The summed E-state index contributed by atoms with van der Waals surface area (Å²) in [7, 11) is 1.48. The maximum atomic E-state index is 13.2. The predicted molar refractivity (Wildman–Crippen MR) is 58.0 cm³/mol. The fraction of sp³-hybridized carbons (Fsp3) is 0.200. The van der Waals surface area contributed by atoms with Crippen LogP contribution in [0.15, 0.2) is 12.1 Å². The Morgan fingerprint density at radius 3 is 2.86 bits per heavy atom. The second-order valence-electron chi connectivity index (χ2n) is 2.51. The number of alkyl halides is 1. The van der Waals surface area contributed by atoms with Crippen molar-refractivity contribution in [3.8, 4) is 17.6 Å². The number of nitrogens with two attached hydrogens (primary N) is 1. The van der Waals surface area contributed by atoms with Crippen molar-refractivity contribution in [1.29, 1.82) is 0 Å². The summed E-state index contributed by atoms with van der Waals surface area (Å²) >= 11 is 3.13. The van der Waals surface area contributed by atoms with Gasteiger partial charge in [0.2, 0.25) is 0 Å². The van der Waals surface area contributed by atoms with Crippen LogP contribution >= 0.6 is 15.9 Å². The summed E-state index contributed by atoms with van der Waals surface area (Å²) in [6, 6.07) is 2.69. The number of nitrogen functional groups attached to an aromatic ring is 1. The van der Waals surface area contributed by atoms with Crippen molar-refractivity contribution in [2.75, 3.05) is 18.2 Å². The molecule has 0 aromatic heterocycles. The molecule has 0 bridgehead atoms. The molecule has 0 fully saturated rings. The van der Waals surface area contributed by atoms with E-state index in [0.29, 0.717) is 11.1 Å². The van der Waals surface area contributed by atoms with E-state index in [1.807, 2.05) is 0 Å². The molecule has 0 unspecified atom stereocenters. The van der Waals surface area contributed by atoms with Crippen LogP contribution in [0.1, 0.15) is 5.56 Å². The largest absolute Gasteiger partial charge is 0.495 e. The molecular formula is C10H9BrFNO. The Morgan fingerprint density at radius 1 is 1.57 bits per heavy atom. The number of rotatable bonds is 1. The summed E-state index contributed by atoms with van der Waals surface area (Å²) < 4.78 is 18.2. The molecule has 0 aliphatic rings. The van der Waals surface area contributed by atoms with Gasteiger partial charge < -0.3 is 10.5 Å². The lowest BCUT2D eigenvalue weighted by atomic mass is 10.2. The second-order valence-corrected chi connectivity index (χ2v) is 3.07. The number of halogens is 2. The van der Waals surface area contributed by atoms with Crippen molar-refractivity contribution >= 4 is 21.6 Å². The van der Waals surface area contributed by atoms with E-state index in [1.54, 1.807) is 0 Å². The van der Waals surface area contributed by atoms with Gasteiger partial charge in [-0.2, -0.15) is 0 Å². The van der Waals surface area contributed by atoms with Gasteiger partial charge in [-0.25, -0.2) is 4.39 Å². The van der Waals surface area contributed by atoms with E-state index >= 15 is 0 Å². The lowest BCUT2D eigenvalue weighted by molar-refractivity contribution is 0.416. The van der Waals surface area contributed by atoms with Gasteiger partial charge in [0.15, 0.2) is 0 Å². The molecule has 1 aromatic carbocycles. The number of methoxy groups -OCH3 is 1. The molecular weight excluding hydrogens is 249 g/mol. The van der Waals surface area contributed by atoms with Crippen LogP contribution in [0.5, 0.6) is 5.75 Å². The highest BCUT2D eigenvalue weighted by molar-refractivity contribution is 9.09. The van der Waals surface area contributed by atoms with Gasteiger partial charge in [0, 0.05) is 12.1 Å². The molecule has 0 amide bonds. The molecule has 0 saturated heterocycles. The third-order valence-electron chi connectivity index (χ3n) is 1.61. The Morgan fingerprint density at radius 2 is 2.29 bits per heavy atom. The standard InChI is InChI=1S/C10H9BrFNO/c1-14-10-5-7(3-2-4-11)8(12)6-9(10)13/h5-6H,4,13H2,1H3. The van der Waals surface area contributed by atoms with E-state index in [-0.39, 0.29) is 11.3 Å². The Labute approximate surface area is 90.4 Å². The van der Waals surface area contributed by atoms with E-state index in [1.165, 1.54) is 19.2 Å². The molecule has 4 heteroatoms. The molecule has 1 aromatic rings. The first-order chi connectivity index (χ1) is 6.69. The zero-order valence-corrected chi connectivity index (χ0v) is 9.19. The molecule has 0 radical (unpaired) electrons. The average molecular weight is 258 g/mol. The summed E-state index contributed by atoms with van der Waals surface area (Å²) in [6.45, 7) is 0. The molecule has 0 atom stereocenters. The van der Waals surface area contributed by atoms with Crippen molar-refractivity contribution in [2.45, 2.75) is 0 Å². The Balaban J connectivity index is 3.17. The molecule has 14 heavy (non-hydrogen) atoms. The predicted octanol–water partition coefficient (Wildman–Crippen LogP) is 2.16. The number of anilines is 1. The highest BCUT2D eigenvalue weighted by Gasteiger charge is 2.05. The minimum atomic E-state index is -0.434. The lowest BCUT2D eigenvalue weighted by Gasteiger charge is -2.04. The highest BCUT2D eigenvalue weighted by atomic mass is 79.9. The molecule has 0 aliphatic heterocycles. The van der Waals surface area contributed by atoms with Gasteiger partial charge in [-0.15, -0.1) is 0 Å². The van der Waals surface area contributed by atoms with Gasteiger partial charge in [-0.05, 0) is 0 Å². The number of hydrogen-bond donors (Lipinski definition) is 1. The maximum absolute atomic E-state index is 13.2. The van der Waals surface area contributed by atoms with Crippen LogP contribution in [0, 0.1) is 17.7 Å². The first-order valence-electron chi connectivity index (χ1n) is 3.87. The topological polar surface area (TPSA) is 35.2 Å². The molecule has 0 aliphatic carbocycles. The van der Waals surface area contributed by atoms with E-state index in [9.17, 15) is 4.39 Å². The van der Waals surface area contributed by atoms with Gasteiger partial charge in [-0.3, -0.25) is 0 Å². The van der Waals surface area contributed by atoms with Crippen molar-refractivity contribution in [3.05, 3.63) is 23.5 Å². The number of ether oxygens (including phenoxy) is 1. The van der Waals surface area contributed by atoms with Gasteiger partial charge in [-0.1, -0.05) is 27.8 Å². The third kappa shape index (κ3) is 2.39. The average Bonchev–Trinajstić information content (AvgIpc) is 2.17. The summed E-state index contributed by atoms with van der Waals surface area (Å²) in [5, 5.41) is 0.499. The minimum absolute atomic E-state index is 0.273. The molecule has 2 nitrogen and oxygen atoms in total. The minimum Gasteiger partial charge on any atom is -0.495 e. The van der Waals surface area contributed by atoms with E-state index in [2.05, 4.69) is 27.8 Å². The van der Waals surface area contributed by atoms with Crippen LogP contribution in [0.25, 0.3) is 0 Å². The molecule has 0 saturated carbocycles. The molecule has 2 N–H and O–H groups in total. The van der Waals surface area contributed by atoms with Crippen molar-refractivity contribution in [1.82, 2.24) is 0 Å². The first-order valence-corrected chi connectivity index (χ1v) is 4.99. The Hall–Kier alpha value is -1.21. The first kappa shape index (κ1) is 10.9. The monoisotopic (exact) mass is 257 g/mol. The highest BCUT2D eigenvalue weighted by Crippen LogP contribution is 2.24. The maximum Gasteiger partial charge on any atom is 0.143 e. The second kappa shape index (κ2) is 4.87. The van der Waals surface area contributed by atoms with Crippen LogP contribution in [0.2, 0.25) is 0 Å². The summed E-state index contributed by atoms with van der Waals surface area (Å²) in [5.74, 6) is 5.37. The van der Waals surface area contributed by atoms with Crippen LogP contribution in [0.4, 0.5) is 10.1 Å². The fourth-order valence-electron chi connectivity index (χ4n) is 0.970. The van der Waals surface area contributed by atoms with E-state index < -0.39 is 5.82 Å². The van der Waals surface area contributed by atoms with Gasteiger partial charge in [0.25, 0.3) is 0 Å². The van der Waals surface area contributed by atoms with Gasteiger partial charge in [0.05, 0.1) is 23.7 Å². The van der Waals surface area contributed by atoms with E-state index in [0.717, 1.165) is 0 Å². The van der Waals surface area contributed by atoms with Crippen molar-refractivity contribution < 1.29 is 9.13 Å².